The molecule has 4 saturated heterocycles. The maximum Gasteiger partial charge on any atom is 0.491 e. The van der Waals surface area contributed by atoms with Gasteiger partial charge in [-0.3, -0.25) is 4.90 Å². The standard InChI is InChI=1S/C28H29F4N3O7S/c29-19-5-1-4-18(14-19)24(26(37)41-23-16-34-12-9-17(23)10-13-34)33-20-6-2-7-21(15-20)43(39,40)35-11-3-8-22(35)25(36)42-27(38)28(30,31)32/h1-2,4-7,14-15,17,22-24,33H,3,8-13,16H2/t22-,23+,24?/m1/s1. The number of alkyl halides is 3. The summed E-state index contributed by atoms with van der Waals surface area (Å²) in [6.07, 6.45) is -3.98. The van der Waals surface area contributed by atoms with E-state index in [1.165, 1.54) is 48.5 Å². The molecule has 232 valence electrons. The van der Waals surface area contributed by atoms with Crippen molar-refractivity contribution < 1.29 is 49.8 Å². The number of anilines is 1. The van der Waals surface area contributed by atoms with Gasteiger partial charge in [0.25, 0.3) is 0 Å². The highest BCUT2D eigenvalue weighted by atomic mass is 32.2. The van der Waals surface area contributed by atoms with Gasteiger partial charge >= 0.3 is 24.1 Å². The molecule has 2 bridgehead atoms. The van der Waals surface area contributed by atoms with Crippen LogP contribution in [0.3, 0.4) is 0 Å². The van der Waals surface area contributed by atoms with E-state index in [4.69, 9.17) is 4.74 Å². The highest BCUT2D eigenvalue weighted by molar-refractivity contribution is 7.89. The molecule has 0 saturated carbocycles. The Balaban J connectivity index is 1.37. The number of piperidine rings is 3. The number of nitrogens with zero attached hydrogens (tertiary/aromatic N) is 2. The van der Waals surface area contributed by atoms with E-state index in [1.54, 1.807) is 0 Å². The fourth-order valence-electron chi connectivity index (χ4n) is 5.76. The summed E-state index contributed by atoms with van der Waals surface area (Å²) in [5.74, 6) is -5.41. The first-order valence-electron chi connectivity index (χ1n) is 13.7. The Kier molecular flexibility index (Phi) is 8.77. The number of nitrogens with one attached hydrogen (secondary N) is 1. The molecule has 4 heterocycles. The Morgan fingerprint density at radius 2 is 1.70 bits per heavy atom. The van der Waals surface area contributed by atoms with Crippen LogP contribution in [0.25, 0.3) is 0 Å². The van der Waals surface area contributed by atoms with E-state index in [0.717, 1.165) is 25.9 Å². The van der Waals surface area contributed by atoms with Crippen molar-refractivity contribution in [1.82, 2.24) is 9.21 Å². The third-order valence-corrected chi connectivity index (χ3v) is 9.84. The van der Waals surface area contributed by atoms with E-state index in [9.17, 15) is 40.4 Å². The van der Waals surface area contributed by atoms with Gasteiger partial charge in [0.05, 0.1) is 4.90 Å². The maximum absolute atomic E-state index is 14.2. The Hall–Kier alpha value is -3.56. The third-order valence-electron chi connectivity index (χ3n) is 7.93. The van der Waals surface area contributed by atoms with E-state index in [-0.39, 0.29) is 47.6 Å². The minimum Gasteiger partial charge on any atom is -0.459 e. The number of carbonyl (C=O) groups excluding carboxylic acids is 3. The molecule has 0 radical (unpaired) electrons. The van der Waals surface area contributed by atoms with Crippen LogP contribution in [0.4, 0.5) is 23.2 Å². The smallest absolute Gasteiger partial charge is 0.459 e. The second kappa shape index (κ2) is 12.2. The van der Waals surface area contributed by atoms with E-state index in [0.29, 0.717) is 10.8 Å². The number of esters is 3. The summed E-state index contributed by atoms with van der Waals surface area (Å²) >= 11 is 0. The van der Waals surface area contributed by atoms with Crippen molar-refractivity contribution in [3.8, 4) is 0 Å². The first kappa shape index (κ1) is 30.9. The minimum atomic E-state index is -5.43. The number of fused-ring (bicyclic) bond motifs is 3. The molecule has 2 aromatic carbocycles. The predicted molar refractivity (Wildman–Crippen MR) is 142 cm³/mol. The van der Waals surface area contributed by atoms with Gasteiger partial charge in [0.15, 0.2) is 6.04 Å². The molecule has 15 heteroatoms. The van der Waals surface area contributed by atoms with Crippen molar-refractivity contribution in [3.05, 3.63) is 59.9 Å². The number of rotatable bonds is 8. The zero-order valence-corrected chi connectivity index (χ0v) is 23.6. The average molecular weight is 628 g/mol. The van der Waals surface area contributed by atoms with Crippen molar-refractivity contribution in [3.63, 3.8) is 0 Å². The van der Waals surface area contributed by atoms with Crippen molar-refractivity contribution in [2.24, 2.45) is 5.92 Å². The monoisotopic (exact) mass is 627 g/mol. The van der Waals surface area contributed by atoms with Crippen LogP contribution in [0.1, 0.15) is 37.3 Å². The molecule has 0 aliphatic carbocycles. The lowest BCUT2D eigenvalue weighted by Gasteiger charge is -2.44. The quantitative estimate of drug-likeness (QED) is 0.267. The van der Waals surface area contributed by atoms with E-state index < -0.39 is 52.0 Å². The Labute approximate surface area is 245 Å². The molecule has 3 atom stereocenters. The minimum absolute atomic E-state index is 0.143. The van der Waals surface area contributed by atoms with Gasteiger partial charge in [-0.25, -0.2) is 27.2 Å². The summed E-state index contributed by atoms with van der Waals surface area (Å²) in [5, 5.41) is 2.94. The molecule has 0 amide bonds. The molecule has 1 N–H and O–H groups in total. The van der Waals surface area contributed by atoms with Gasteiger partial charge in [-0.2, -0.15) is 17.5 Å². The zero-order chi connectivity index (χ0) is 30.9. The van der Waals surface area contributed by atoms with Crippen LogP contribution in [0.5, 0.6) is 0 Å². The molecule has 4 aliphatic rings. The molecule has 2 aromatic rings. The topological polar surface area (TPSA) is 122 Å². The average Bonchev–Trinajstić information content (AvgIpc) is 3.48. The Bertz CT molecular complexity index is 1500. The number of hydrogen-bond acceptors (Lipinski definition) is 9. The molecular weight excluding hydrogens is 598 g/mol. The fraction of sp³-hybridized carbons (Fsp3) is 0.464. The van der Waals surface area contributed by atoms with Crippen LogP contribution in [0.2, 0.25) is 0 Å². The number of sulfonamides is 1. The van der Waals surface area contributed by atoms with Crippen molar-refractivity contribution in [1.29, 1.82) is 0 Å². The summed E-state index contributed by atoms with van der Waals surface area (Å²) in [7, 11) is -4.46. The van der Waals surface area contributed by atoms with Gasteiger partial charge in [0, 0.05) is 18.8 Å². The second-order valence-corrected chi connectivity index (χ2v) is 12.6. The van der Waals surface area contributed by atoms with Crippen LogP contribution in [0, 0.1) is 11.7 Å². The van der Waals surface area contributed by atoms with Gasteiger partial charge in [0.2, 0.25) is 10.0 Å². The summed E-state index contributed by atoms with van der Waals surface area (Å²) in [4.78, 5) is 38.8. The Morgan fingerprint density at radius 1 is 0.977 bits per heavy atom. The first-order chi connectivity index (χ1) is 20.3. The summed E-state index contributed by atoms with van der Waals surface area (Å²) in [6.45, 7) is 2.26. The molecular formula is C28H29F4N3O7S. The molecule has 0 aromatic heterocycles. The highest BCUT2D eigenvalue weighted by Crippen LogP contribution is 2.33. The second-order valence-electron chi connectivity index (χ2n) is 10.8. The summed E-state index contributed by atoms with van der Waals surface area (Å²) in [5.41, 5.74) is 0.392. The molecule has 6 rings (SSSR count). The number of carbonyl (C=O) groups is 3. The van der Waals surface area contributed by atoms with E-state index >= 15 is 0 Å². The summed E-state index contributed by atoms with van der Waals surface area (Å²) in [6, 6.07) is 7.74. The van der Waals surface area contributed by atoms with Gasteiger partial charge in [0.1, 0.15) is 18.0 Å². The number of ether oxygens (including phenoxy) is 2. The molecule has 43 heavy (non-hydrogen) atoms. The molecule has 4 aliphatic heterocycles. The van der Waals surface area contributed by atoms with Gasteiger partial charge < -0.3 is 14.8 Å². The van der Waals surface area contributed by atoms with Gasteiger partial charge in [-0.05, 0) is 80.6 Å². The number of hydrogen-bond donors (Lipinski definition) is 1. The predicted octanol–water partition coefficient (Wildman–Crippen LogP) is 3.40. The van der Waals surface area contributed by atoms with Crippen LogP contribution in [-0.2, 0) is 33.9 Å². The van der Waals surface area contributed by atoms with Gasteiger partial charge in [-0.1, -0.05) is 18.2 Å². The van der Waals surface area contributed by atoms with Crippen LogP contribution < -0.4 is 5.32 Å². The summed E-state index contributed by atoms with van der Waals surface area (Å²) < 4.78 is 89.4. The third kappa shape index (κ3) is 6.83. The normalized spacial score (nSPS) is 24.7. The number of halogens is 4. The van der Waals surface area contributed by atoms with Crippen molar-refractivity contribution in [2.45, 2.75) is 54.9 Å². The first-order valence-corrected chi connectivity index (χ1v) is 15.2. The fourth-order valence-corrected chi connectivity index (χ4v) is 7.45. The highest BCUT2D eigenvalue weighted by Gasteiger charge is 2.47. The SMILES string of the molecule is O=C(O[C@H]1CN2CCC1CC2)C(Nc1cccc(S(=O)(=O)N2CCC[C@@H]2C(=O)OC(=O)C(F)(F)F)c1)c1cccc(F)c1. The molecule has 4 fully saturated rings. The number of benzene rings is 2. The van der Waals surface area contributed by atoms with Gasteiger partial charge in [-0.15, -0.1) is 0 Å². The van der Waals surface area contributed by atoms with Crippen molar-refractivity contribution in [2.75, 3.05) is 31.5 Å². The van der Waals surface area contributed by atoms with Crippen LogP contribution >= 0.6 is 0 Å². The van der Waals surface area contributed by atoms with Crippen LogP contribution in [-0.4, -0.2) is 80.0 Å². The molecule has 0 spiro atoms. The lowest BCUT2D eigenvalue weighted by Crippen LogP contribution is -2.52. The van der Waals surface area contributed by atoms with E-state index in [2.05, 4.69) is 15.0 Å². The largest absolute Gasteiger partial charge is 0.491 e. The van der Waals surface area contributed by atoms with E-state index in [1.807, 2.05) is 0 Å². The van der Waals surface area contributed by atoms with Crippen LogP contribution in [0.15, 0.2) is 53.4 Å². The van der Waals surface area contributed by atoms with Crippen molar-refractivity contribution >= 4 is 33.6 Å². The molecule has 1 unspecified atom stereocenters. The maximum atomic E-state index is 14.2. The zero-order valence-electron chi connectivity index (χ0n) is 22.8. The molecule has 10 nitrogen and oxygen atoms in total. The lowest BCUT2D eigenvalue weighted by molar-refractivity contribution is -0.202. The lowest BCUT2D eigenvalue weighted by atomic mass is 9.86. The Morgan fingerprint density at radius 3 is 2.35 bits per heavy atom.